The first-order valence-electron chi connectivity index (χ1n) is 6.23. The summed E-state index contributed by atoms with van der Waals surface area (Å²) >= 11 is 0. The van der Waals surface area contributed by atoms with Crippen LogP contribution in [-0.2, 0) is 12.8 Å². The number of rotatable bonds is 3. The monoisotopic (exact) mass is 253 g/mol. The lowest BCUT2D eigenvalue weighted by molar-refractivity contribution is 0.476. The summed E-state index contributed by atoms with van der Waals surface area (Å²) in [7, 11) is 0. The molecule has 0 unspecified atom stereocenters. The number of phenolic OH excluding ortho intramolecular Hbond substituents is 1. The van der Waals surface area contributed by atoms with E-state index in [9.17, 15) is 5.11 Å². The fourth-order valence-corrected chi connectivity index (χ4v) is 2.12. The van der Waals surface area contributed by atoms with Crippen LogP contribution in [0.25, 0.3) is 11.0 Å². The van der Waals surface area contributed by atoms with Gasteiger partial charge in [-0.1, -0.05) is 12.1 Å². The molecule has 0 spiro atoms. The second-order valence-electron chi connectivity index (χ2n) is 4.63. The van der Waals surface area contributed by atoms with Gasteiger partial charge < -0.3 is 15.8 Å². The summed E-state index contributed by atoms with van der Waals surface area (Å²) in [4.78, 5) is 7.72. The molecule has 1 aromatic heterocycles. The van der Waals surface area contributed by atoms with E-state index in [-0.39, 0.29) is 5.75 Å². The van der Waals surface area contributed by atoms with Crippen molar-refractivity contribution in [2.45, 2.75) is 12.8 Å². The second-order valence-corrected chi connectivity index (χ2v) is 4.63. The van der Waals surface area contributed by atoms with E-state index >= 15 is 0 Å². The van der Waals surface area contributed by atoms with Crippen molar-refractivity contribution in [2.75, 3.05) is 5.73 Å². The lowest BCUT2D eigenvalue weighted by Gasteiger charge is -1.99. The van der Waals surface area contributed by atoms with E-state index in [4.69, 9.17) is 5.73 Å². The van der Waals surface area contributed by atoms with Crippen LogP contribution in [0.3, 0.4) is 0 Å². The van der Waals surface area contributed by atoms with Gasteiger partial charge in [-0.25, -0.2) is 4.98 Å². The zero-order chi connectivity index (χ0) is 13.2. The van der Waals surface area contributed by atoms with Crippen molar-refractivity contribution in [1.82, 2.24) is 9.97 Å². The minimum Gasteiger partial charge on any atom is -0.508 e. The number of aromatic amines is 1. The van der Waals surface area contributed by atoms with Gasteiger partial charge in [0, 0.05) is 18.2 Å². The van der Waals surface area contributed by atoms with Crippen molar-refractivity contribution in [1.29, 1.82) is 0 Å². The average molecular weight is 253 g/mol. The van der Waals surface area contributed by atoms with Crippen LogP contribution >= 0.6 is 0 Å². The van der Waals surface area contributed by atoms with Crippen LogP contribution in [0.4, 0.5) is 5.69 Å². The highest BCUT2D eigenvalue weighted by atomic mass is 16.3. The number of aromatic nitrogens is 2. The summed E-state index contributed by atoms with van der Waals surface area (Å²) in [6, 6.07) is 13.0. The molecule has 19 heavy (non-hydrogen) atoms. The van der Waals surface area contributed by atoms with Crippen molar-refractivity contribution in [3.63, 3.8) is 0 Å². The summed E-state index contributed by atoms with van der Waals surface area (Å²) < 4.78 is 0. The van der Waals surface area contributed by atoms with Gasteiger partial charge in [0.05, 0.1) is 11.0 Å². The van der Waals surface area contributed by atoms with Crippen molar-refractivity contribution >= 4 is 16.7 Å². The number of nitrogens with one attached hydrogen (secondary N) is 1. The number of hydrogen-bond donors (Lipinski definition) is 3. The molecule has 0 amide bonds. The van der Waals surface area contributed by atoms with Crippen LogP contribution in [0, 0.1) is 0 Å². The summed E-state index contributed by atoms with van der Waals surface area (Å²) in [5.74, 6) is 1.18. The number of phenols is 1. The van der Waals surface area contributed by atoms with Gasteiger partial charge in [-0.05, 0) is 36.2 Å². The van der Waals surface area contributed by atoms with Crippen LogP contribution in [0.1, 0.15) is 11.4 Å². The minimum absolute atomic E-state index is 0.251. The normalized spacial score (nSPS) is 10.9. The molecule has 2 aromatic carbocycles. The molecule has 0 atom stereocenters. The number of anilines is 1. The van der Waals surface area contributed by atoms with Gasteiger partial charge in [0.1, 0.15) is 11.6 Å². The first-order valence-corrected chi connectivity index (χ1v) is 6.23. The predicted molar refractivity (Wildman–Crippen MR) is 76.0 cm³/mol. The van der Waals surface area contributed by atoms with Gasteiger partial charge in [-0.15, -0.1) is 0 Å². The Labute approximate surface area is 110 Å². The molecule has 0 aliphatic rings. The van der Waals surface area contributed by atoms with E-state index in [1.165, 1.54) is 5.56 Å². The van der Waals surface area contributed by atoms with Crippen LogP contribution in [0.15, 0.2) is 42.5 Å². The van der Waals surface area contributed by atoms with Crippen LogP contribution in [0.2, 0.25) is 0 Å². The molecular weight excluding hydrogens is 238 g/mol. The van der Waals surface area contributed by atoms with E-state index in [1.54, 1.807) is 12.1 Å². The lowest BCUT2D eigenvalue weighted by atomic mass is 10.1. The van der Waals surface area contributed by atoms with Gasteiger partial charge in [-0.2, -0.15) is 0 Å². The number of aromatic hydroxyl groups is 1. The van der Waals surface area contributed by atoms with Gasteiger partial charge in [0.25, 0.3) is 0 Å². The maximum absolute atomic E-state index is 9.41. The van der Waals surface area contributed by atoms with Crippen molar-refractivity contribution in [3.05, 3.63) is 53.9 Å². The lowest BCUT2D eigenvalue weighted by Crippen LogP contribution is -1.94. The van der Waals surface area contributed by atoms with Crippen LogP contribution in [0.5, 0.6) is 5.75 Å². The highest BCUT2D eigenvalue weighted by Gasteiger charge is 2.04. The fraction of sp³-hybridized carbons (Fsp3) is 0.133. The zero-order valence-electron chi connectivity index (χ0n) is 10.4. The highest BCUT2D eigenvalue weighted by molar-refractivity contribution is 5.76. The number of benzene rings is 2. The van der Waals surface area contributed by atoms with Crippen LogP contribution in [-0.4, -0.2) is 15.1 Å². The van der Waals surface area contributed by atoms with Crippen molar-refractivity contribution in [3.8, 4) is 5.75 Å². The quantitative estimate of drug-likeness (QED) is 0.628. The standard InChI is InChI=1S/C15H15N3O/c16-11-4-1-10(2-5-11)3-8-15-17-13-7-6-12(19)9-14(13)18-15/h1-2,4-7,9,19H,3,8,16H2,(H,17,18). The molecule has 0 saturated heterocycles. The van der Waals surface area contributed by atoms with Gasteiger partial charge in [0.15, 0.2) is 0 Å². The Morgan fingerprint density at radius 2 is 1.84 bits per heavy atom. The molecule has 96 valence electrons. The SMILES string of the molecule is Nc1ccc(CCc2nc3ccc(O)cc3[nH]2)cc1. The first kappa shape index (κ1) is 11.6. The average Bonchev–Trinajstić information content (AvgIpc) is 2.80. The molecule has 0 bridgehead atoms. The van der Waals surface area contributed by atoms with Gasteiger partial charge in [-0.3, -0.25) is 0 Å². The number of fused-ring (bicyclic) bond motifs is 1. The number of H-pyrrole nitrogens is 1. The molecular formula is C15H15N3O. The number of imidazole rings is 1. The minimum atomic E-state index is 0.251. The largest absolute Gasteiger partial charge is 0.508 e. The summed E-state index contributed by atoms with van der Waals surface area (Å²) in [6.07, 6.45) is 1.74. The summed E-state index contributed by atoms with van der Waals surface area (Å²) in [6.45, 7) is 0. The maximum atomic E-state index is 9.41. The molecule has 1 heterocycles. The molecule has 0 fully saturated rings. The second kappa shape index (κ2) is 4.65. The molecule has 0 aliphatic heterocycles. The number of nitrogen functional groups attached to an aromatic ring is 1. The Morgan fingerprint density at radius 3 is 2.63 bits per heavy atom. The maximum Gasteiger partial charge on any atom is 0.117 e. The van der Waals surface area contributed by atoms with E-state index in [1.807, 2.05) is 30.3 Å². The number of nitrogens with two attached hydrogens (primary N) is 1. The molecule has 3 rings (SSSR count). The highest BCUT2D eigenvalue weighted by Crippen LogP contribution is 2.18. The van der Waals surface area contributed by atoms with Crippen molar-refractivity contribution < 1.29 is 5.11 Å². The first-order chi connectivity index (χ1) is 9.20. The van der Waals surface area contributed by atoms with Crippen LogP contribution < -0.4 is 5.73 Å². The molecule has 4 N–H and O–H groups in total. The predicted octanol–water partition coefficient (Wildman–Crippen LogP) is 2.64. The Morgan fingerprint density at radius 1 is 1.05 bits per heavy atom. The molecule has 0 saturated carbocycles. The third-order valence-electron chi connectivity index (χ3n) is 3.14. The third-order valence-corrected chi connectivity index (χ3v) is 3.14. The topological polar surface area (TPSA) is 74.9 Å². The molecule has 0 radical (unpaired) electrons. The number of aryl methyl sites for hydroxylation is 2. The summed E-state index contributed by atoms with van der Waals surface area (Å²) in [5.41, 5.74) is 9.42. The Bertz CT molecular complexity index is 701. The van der Waals surface area contributed by atoms with E-state index < -0.39 is 0 Å². The molecule has 4 heteroatoms. The molecule has 3 aromatic rings. The van der Waals surface area contributed by atoms with Gasteiger partial charge in [0.2, 0.25) is 0 Å². The smallest absolute Gasteiger partial charge is 0.117 e. The third kappa shape index (κ3) is 2.52. The number of hydrogen-bond acceptors (Lipinski definition) is 3. The molecule has 4 nitrogen and oxygen atoms in total. The molecule has 0 aliphatic carbocycles. The van der Waals surface area contributed by atoms with E-state index in [0.29, 0.717) is 0 Å². The van der Waals surface area contributed by atoms with Crippen molar-refractivity contribution in [2.24, 2.45) is 0 Å². The van der Waals surface area contributed by atoms with E-state index in [0.717, 1.165) is 35.4 Å². The Hall–Kier alpha value is -2.49. The Balaban J connectivity index is 1.76. The summed E-state index contributed by atoms with van der Waals surface area (Å²) in [5, 5.41) is 9.41. The zero-order valence-corrected chi connectivity index (χ0v) is 10.4. The van der Waals surface area contributed by atoms with E-state index in [2.05, 4.69) is 9.97 Å². The number of nitrogens with zero attached hydrogens (tertiary/aromatic N) is 1. The fourth-order valence-electron chi connectivity index (χ4n) is 2.12. The Kier molecular flexibility index (Phi) is 2.83. The van der Waals surface area contributed by atoms with Gasteiger partial charge >= 0.3 is 0 Å².